The summed E-state index contributed by atoms with van der Waals surface area (Å²) in [6, 6.07) is 7.75. The van der Waals surface area contributed by atoms with E-state index in [9.17, 15) is 4.79 Å². The molecule has 25 heavy (non-hydrogen) atoms. The molecule has 2 atom stereocenters. The van der Waals surface area contributed by atoms with E-state index in [1.807, 2.05) is 24.3 Å². The molecule has 2 unspecified atom stereocenters. The summed E-state index contributed by atoms with van der Waals surface area (Å²) in [5.41, 5.74) is 0.813. The van der Waals surface area contributed by atoms with E-state index in [1.165, 1.54) is 19.5 Å². The normalized spacial score (nSPS) is 25.6. The third-order valence-electron chi connectivity index (χ3n) is 5.71. The zero-order valence-corrected chi connectivity index (χ0v) is 16.3. The Morgan fingerprint density at radius 2 is 1.80 bits per heavy atom. The lowest BCUT2D eigenvalue weighted by Crippen LogP contribution is -2.39. The highest BCUT2D eigenvalue weighted by molar-refractivity contribution is 6.30. The Kier molecular flexibility index (Phi) is 6.06. The SMILES string of the molecule is CC1CC(C)CN(CCCCNC(=O)C2(c3ccc(Cl)cc3)CC2)C1. The van der Waals surface area contributed by atoms with E-state index in [1.54, 1.807) is 0 Å². The minimum Gasteiger partial charge on any atom is -0.355 e. The number of hydrogen-bond donors (Lipinski definition) is 1. The molecule has 0 bridgehead atoms. The highest BCUT2D eigenvalue weighted by Crippen LogP contribution is 2.48. The molecular weight excluding hydrogens is 332 g/mol. The highest BCUT2D eigenvalue weighted by Gasteiger charge is 2.50. The summed E-state index contributed by atoms with van der Waals surface area (Å²) in [6.45, 7) is 9.12. The molecule has 0 radical (unpaired) electrons. The third-order valence-corrected chi connectivity index (χ3v) is 5.96. The van der Waals surface area contributed by atoms with Gasteiger partial charge >= 0.3 is 0 Å². The van der Waals surface area contributed by atoms with Gasteiger partial charge in [0.1, 0.15) is 0 Å². The van der Waals surface area contributed by atoms with Gasteiger partial charge in [-0.3, -0.25) is 4.79 Å². The Hall–Kier alpha value is -1.06. The summed E-state index contributed by atoms with van der Waals surface area (Å²) in [7, 11) is 0. The Bertz CT molecular complexity index is 572. The fourth-order valence-corrected chi connectivity index (χ4v) is 4.47. The molecule has 1 aromatic carbocycles. The van der Waals surface area contributed by atoms with Crippen LogP contribution in [0.5, 0.6) is 0 Å². The number of unbranched alkanes of at least 4 members (excludes halogenated alkanes) is 1. The van der Waals surface area contributed by atoms with E-state index in [4.69, 9.17) is 11.6 Å². The fourth-order valence-electron chi connectivity index (χ4n) is 4.35. The molecule has 1 saturated heterocycles. The van der Waals surface area contributed by atoms with Crippen molar-refractivity contribution in [1.29, 1.82) is 0 Å². The fraction of sp³-hybridized carbons (Fsp3) is 0.667. The molecule has 1 N–H and O–H groups in total. The second kappa shape index (κ2) is 8.09. The maximum absolute atomic E-state index is 12.6. The number of benzene rings is 1. The van der Waals surface area contributed by atoms with Crippen molar-refractivity contribution in [1.82, 2.24) is 10.2 Å². The van der Waals surface area contributed by atoms with Crippen LogP contribution in [0.15, 0.2) is 24.3 Å². The number of amides is 1. The average Bonchev–Trinajstić information content (AvgIpc) is 3.36. The predicted octanol–water partition coefficient (Wildman–Crippen LogP) is 4.25. The first-order chi connectivity index (χ1) is 12.0. The second-order valence-electron chi connectivity index (χ2n) is 8.26. The van der Waals surface area contributed by atoms with Crippen molar-refractivity contribution in [2.45, 2.75) is 51.4 Å². The summed E-state index contributed by atoms with van der Waals surface area (Å²) >= 11 is 5.96. The lowest BCUT2D eigenvalue weighted by Gasteiger charge is -2.34. The number of carbonyl (C=O) groups is 1. The molecule has 1 amide bonds. The Morgan fingerprint density at radius 3 is 2.40 bits per heavy atom. The van der Waals surface area contributed by atoms with E-state index < -0.39 is 0 Å². The zero-order valence-electron chi connectivity index (χ0n) is 15.6. The molecule has 1 aliphatic heterocycles. The third kappa shape index (κ3) is 4.77. The number of halogens is 1. The van der Waals surface area contributed by atoms with Gasteiger partial charge in [0.15, 0.2) is 0 Å². The first-order valence-corrected chi connectivity index (χ1v) is 10.1. The number of carbonyl (C=O) groups excluding carboxylic acids is 1. The quantitative estimate of drug-likeness (QED) is 0.735. The Balaban J connectivity index is 1.38. The number of piperidine rings is 1. The van der Waals surface area contributed by atoms with E-state index in [2.05, 4.69) is 24.1 Å². The topological polar surface area (TPSA) is 32.3 Å². The molecule has 1 aromatic rings. The van der Waals surface area contributed by atoms with Crippen LogP contribution in [0.3, 0.4) is 0 Å². The van der Waals surface area contributed by atoms with Crippen LogP contribution in [-0.4, -0.2) is 37.0 Å². The van der Waals surface area contributed by atoms with Crippen LogP contribution in [0, 0.1) is 11.8 Å². The van der Waals surface area contributed by atoms with Crippen LogP contribution in [0.1, 0.15) is 51.5 Å². The Labute approximate surface area is 157 Å². The lowest BCUT2D eigenvalue weighted by molar-refractivity contribution is -0.123. The molecule has 1 heterocycles. The van der Waals surface area contributed by atoms with Crippen molar-refractivity contribution in [2.75, 3.05) is 26.2 Å². The van der Waals surface area contributed by atoms with Gasteiger partial charge in [-0.25, -0.2) is 0 Å². The largest absolute Gasteiger partial charge is 0.355 e. The zero-order chi connectivity index (χ0) is 17.9. The van der Waals surface area contributed by atoms with Crippen molar-refractivity contribution in [2.24, 2.45) is 11.8 Å². The maximum Gasteiger partial charge on any atom is 0.230 e. The second-order valence-corrected chi connectivity index (χ2v) is 8.69. The first kappa shape index (κ1) is 18.7. The van der Waals surface area contributed by atoms with Gasteiger partial charge < -0.3 is 10.2 Å². The van der Waals surface area contributed by atoms with Gasteiger partial charge in [-0.2, -0.15) is 0 Å². The summed E-state index contributed by atoms with van der Waals surface area (Å²) in [4.78, 5) is 15.2. The minimum absolute atomic E-state index is 0.190. The number of likely N-dealkylation sites (tertiary alicyclic amines) is 1. The average molecular weight is 363 g/mol. The standard InChI is InChI=1S/C21H31ClN2O/c1-16-13-17(2)15-24(14-16)12-4-3-11-23-20(25)21(9-10-21)18-5-7-19(22)8-6-18/h5-8,16-17H,3-4,9-15H2,1-2H3,(H,23,25). The van der Waals surface area contributed by atoms with Gasteiger partial charge in [0.05, 0.1) is 5.41 Å². The molecule has 3 rings (SSSR count). The van der Waals surface area contributed by atoms with Crippen LogP contribution in [0.4, 0.5) is 0 Å². The van der Waals surface area contributed by atoms with E-state index >= 15 is 0 Å². The van der Waals surface area contributed by atoms with Crippen molar-refractivity contribution in [3.8, 4) is 0 Å². The van der Waals surface area contributed by atoms with Crippen LogP contribution >= 0.6 is 11.6 Å². The molecule has 3 nitrogen and oxygen atoms in total. The summed E-state index contributed by atoms with van der Waals surface area (Å²) in [5, 5.41) is 3.89. The van der Waals surface area contributed by atoms with Gasteiger partial charge in [0.25, 0.3) is 0 Å². The molecule has 1 aliphatic carbocycles. The maximum atomic E-state index is 12.6. The lowest BCUT2D eigenvalue weighted by atomic mass is 9.92. The van der Waals surface area contributed by atoms with E-state index in [-0.39, 0.29) is 11.3 Å². The smallest absolute Gasteiger partial charge is 0.230 e. The predicted molar refractivity (Wildman–Crippen MR) is 104 cm³/mol. The summed E-state index contributed by atoms with van der Waals surface area (Å²) < 4.78 is 0. The Morgan fingerprint density at radius 1 is 1.16 bits per heavy atom. The van der Waals surface area contributed by atoms with E-state index in [0.29, 0.717) is 0 Å². The van der Waals surface area contributed by atoms with Crippen LogP contribution in [0.25, 0.3) is 0 Å². The number of nitrogens with one attached hydrogen (secondary N) is 1. The first-order valence-electron chi connectivity index (χ1n) is 9.76. The number of nitrogens with zero attached hydrogens (tertiary/aromatic N) is 1. The van der Waals surface area contributed by atoms with Crippen LogP contribution < -0.4 is 5.32 Å². The van der Waals surface area contributed by atoms with Gasteiger partial charge in [0, 0.05) is 24.7 Å². The van der Waals surface area contributed by atoms with Gasteiger partial charge in [-0.05, 0) is 68.2 Å². The van der Waals surface area contributed by atoms with Crippen molar-refractivity contribution in [3.05, 3.63) is 34.9 Å². The molecule has 0 spiro atoms. The molecule has 1 saturated carbocycles. The minimum atomic E-state index is -0.289. The number of hydrogen-bond acceptors (Lipinski definition) is 2. The molecule has 0 aromatic heterocycles. The van der Waals surface area contributed by atoms with Crippen molar-refractivity contribution < 1.29 is 4.79 Å². The number of rotatable bonds is 7. The van der Waals surface area contributed by atoms with Crippen LogP contribution in [-0.2, 0) is 10.2 Å². The van der Waals surface area contributed by atoms with Crippen molar-refractivity contribution >= 4 is 17.5 Å². The summed E-state index contributed by atoms with van der Waals surface area (Å²) in [5.74, 6) is 1.82. The molecule has 2 fully saturated rings. The molecule has 2 aliphatic rings. The highest BCUT2D eigenvalue weighted by atomic mass is 35.5. The van der Waals surface area contributed by atoms with Gasteiger partial charge in [0.2, 0.25) is 5.91 Å². The van der Waals surface area contributed by atoms with Crippen LogP contribution in [0.2, 0.25) is 5.02 Å². The summed E-state index contributed by atoms with van der Waals surface area (Å²) in [6.07, 6.45) is 5.47. The molecule has 4 heteroatoms. The van der Waals surface area contributed by atoms with Gasteiger partial charge in [-0.1, -0.05) is 37.6 Å². The molecular formula is C21H31ClN2O. The van der Waals surface area contributed by atoms with Gasteiger partial charge in [-0.15, -0.1) is 0 Å². The van der Waals surface area contributed by atoms with E-state index in [0.717, 1.165) is 61.2 Å². The van der Waals surface area contributed by atoms with Crippen molar-refractivity contribution in [3.63, 3.8) is 0 Å². The monoisotopic (exact) mass is 362 g/mol. The molecule has 138 valence electrons.